The second-order valence-electron chi connectivity index (χ2n) is 4.75. The first-order chi connectivity index (χ1) is 8.22. The van der Waals surface area contributed by atoms with Gasteiger partial charge >= 0.3 is 0 Å². The van der Waals surface area contributed by atoms with E-state index in [0.717, 1.165) is 38.0 Å². The monoisotopic (exact) mass is 232 g/mol. The second kappa shape index (κ2) is 5.46. The molecule has 1 fully saturated rings. The molecule has 1 heterocycles. The molecule has 0 saturated carbocycles. The van der Waals surface area contributed by atoms with E-state index in [0.29, 0.717) is 5.78 Å². The lowest BCUT2D eigenvalue weighted by Gasteiger charge is -2.21. The van der Waals surface area contributed by atoms with Gasteiger partial charge in [-0.25, -0.2) is 0 Å². The molecule has 0 spiro atoms. The predicted molar refractivity (Wildman–Crippen MR) is 68.4 cm³/mol. The van der Waals surface area contributed by atoms with Crippen LogP contribution >= 0.6 is 0 Å². The third-order valence-electron chi connectivity index (χ3n) is 3.61. The fourth-order valence-electron chi connectivity index (χ4n) is 2.40. The standard InChI is InChI=1S/C15H20O2/c1-3-12-10-14(5-4-11(12)2)15(16)13-6-8-17-9-7-13/h4-5,10,13H,3,6-9H2,1-2H3. The van der Waals surface area contributed by atoms with Gasteiger partial charge in [-0.2, -0.15) is 0 Å². The van der Waals surface area contributed by atoms with Gasteiger partial charge in [-0.15, -0.1) is 0 Å². The van der Waals surface area contributed by atoms with Crippen molar-refractivity contribution in [2.75, 3.05) is 13.2 Å². The van der Waals surface area contributed by atoms with E-state index in [-0.39, 0.29) is 5.92 Å². The van der Waals surface area contributed by atoms with E-state index in [1.165, 1.54) is 11.1 Å². The van der Waals surface area contributed by atoms with Crippen molar-refractivity contribution < 1.29 is 9.53 Å². The lowest BCUT2D eigenvalue weighted by molar-refractivity contribution is 0.0545. The van der Waals surface area contributed by atoms with Gasteiger partial charge < -0.3 is 4.74 Å². The van der Waals surface area contributed by atoms with E-state index < -0.39 is 0 Å². The van der Waals surface area contributed by atoms with Crippen LogP contribution < -0.4 is 0 Å². The van der Waals surface area contributed by atoms with Crippen LogP contribution in [0.3, 0.4) is 0 Å². The van der Waals surface area contributed by atoms with Gasteiger partial charge in [0.1, 0.15) is 0 Å². The Morgan fingerprint density at radius 1 is 1.35 bits per heavy atom. The van der Waals surface area contributed by atoms with Crippen molar-refractivity contribution in [3.63, 3.8) is 0 Å². The third-order valence-corrected chi connectivity index (χ3v) is 3.61. The number of carbonyl (C=O) groups excluding carboxylic acids is 1. The Hall–Kier alpha value is -1.15. The Bertz CT molecular complexity index is 403. The van der Waals surface area contributed by atoms with E-state index >= 15 is 0 Å². The Kier molecular flexibility index (Phi) is 3.95. The molecule has 1 aliphatic heterocycles. The van der Waals surface area contributed by atoms with E-state index in [2.05, 4.69) is 26.0 Å². The molecular formula is C15H20O2. The van der Waals surface area contributed by atoms with Gasteiger partial charge in [-0.1, -0.05) is 19.1 Å². The minimum atomic E-state index is 0.163. The minimum absolute atomic E-state index is 0.163. The maximum atomic E-state index is 12.3. The summed E-state index contributed by atoms with van der Waals surface area (Å²) in [4.78, 5) is 12.3. The van der Waals surface area contributed by atoms with Crippen molar-refractivity contribution in [2.45, 2.75) is 33.1 Å². The van der Waals surface area contributed by atoms with Gasteiger partial charge in [0.05, 0.1) is 0 Å². The highest BCUT2D eigenvalue weighted by Gasteiger charge is 2.22. The highest BCUT2D eigenvalue weighted by molar-refractivity contribution is 5.98. The zero-order chi connectivity index (χ0) is 12.3. The molecule has 0 radical (unpaired) electrons. The number of hydrogen-bond acceptors (Lipinski definition) is 2. The van der Waals surface area contributed by atoms with E-state index in [1.807, 2.05) is 6.07 Å². The summed E-state index contributed by atoms with van der Waals surface area (Å²) in [6, 6.07) is 6.09. The SMILES string of the molecule is CCc1cc(C(=O)C2CCOCC2)ccc1C. The van der Waals surface area contributed by atoms with Crippen LogP contribution in [0.15, 0.2) is 18.2 Å². The molecule has 1 aromatic carbocycles. The molecular weight excluding hydrogens is 212 g/mol. The molecule has 1 aromatic rings. The molecule has 17 heavy (non-hydrogen) atoms. The molecule has 0 aliphatic carbocycles. The molecule has 2 heteroatoms. The number of hydrogen-bond donors (Lipinski definition) is 0. The molecule has 2 rings (SSSR count). The first-order valence-electron chi connectivity index (χ1n) is 6.44. The van der Waals surface area contributed by atoms with Crippen LogP contribution in [0.2, 0.25) is 0 Å². The van der Waals surface area contributed by atoms with Crippen LogP contribution in [0, 0.1) is 12.8 Å². The zero-order valence-electron chi connectivity index (χ0n) is 10.7. The Morgan fingerprint density at radius 3 is 2.71 bits per heavy atom. The summed E-state index contributed by atoms with van der Waals surface area (Å²) >= 11 is 0. The fourth-order valence-corrected chi connectivity index (χ4v) is 2.40. The lowest BCUT2D eigenvalue weighted by Crippen LogP contribution is -2.23. The highest BCUT2D eigenvalue weighted by Crippen LogP contribution is 2.22. The first kappa shape index (κ1) is 12.3. The zero-order valence-corrected chi connectivity index (χ0v) is 10.7. The summed E-state index contributed by atoms with van der Waals surface area (Å²) in [5.41, 5.74) is 3.43. The van der Waals surface area contributed by atoms with Crippen LogP contribution in [-0.2, 0) is 11.2 Å². The molecule has 1 aliphatic rings. The second-order valence-corrected chi connectivity index (χ2v) is 4.75. The Morgan fingerprint density at radius 2 is 2.06 bits per heavy atom. The topological polar surface area (TPSA) is 26.3 Å². The van der Waals surface area contributed by atoms with Crippen LogP contribution in [0.25, 0.3) is 0 Å². The summed E-state index contributed by atoms with van der Waals surface area (Å²) in [6.45, 7) is 5.68. The van der Waals surface area contributed by atoms with E-state index in [4.69, 9.17) is 4.74 Å². The Balaban J connectivity index is 2.18. The Labute approximate surface area is 103 Å². The van der Waals surface area contributed by atoms with Crippen molar-refractivity contribution >= 4 is 5.78 Å². The van der Waals surface area contributed by atoms with Crippen LogP contribution in [0.5, 0.6) is 0 Å². The maximum absolute atomic E-state index is 12.3. The van der Waals surface area contributed by atoms with Crippen molar-refractivity contribution in [2.24, 2.45) is 5.92 Å². The molecule has 0 aromatic heterocycles. The van der Waals surface area contributed by atoms with Gasteiger partial charge in [-0.3, -0.25) is 4.79 Å². The summed E-state index contributed by atoms with van der Waals surface area (Å²) in [6.07, 6.45) is 2.73. The molecule has 2 nitrogen and oxygen atoms in total. The largest absolute Gasteiger partial charge is 0.381 e. The maximum Gasteiger partial charge on any atom is 0.166 e. The third kappa shape index (κ3) is 2.75. The van der Waals surface area contributed by atoms with E-state index in [1.54, 1.807) is 0 Å². The quantitative estimate of drug-likeness (QED) is 0.748. The van der Waals surface area contributed by atoms with Gasteiger partial charge in [0, 0.05) is 24.7 Å². The summed E-state index contributed by atoms with van der Waals surface area (Å²) < 4.78 is 5.30. The smallest absolute Gasteiger partial charge is 0.166 e. The number of benzene rings is 1. The average molecular weight is 232 g/mol. The average Bonchev–Trinajstić information content (AvgIpc) is 2.39. The lowest BCUT2D eigenvalue weighted by atomic mass is 9.89. The van der Waals surface area contributed by atoms with Crippen LogP contribution in [-0.4, -0.2) is 19.0 Å². The number of ether oxygens (including phenoxy) is 1. The molecule has 0 unspecified atom stereocenters. The number of carbonyl (C=O) groups is 1. The fraction of sp³-hybridized carbons (Fsp3) is 0.533. The molecule has 0 N–H and O–H groups in total. The van der Waals surface area contributed by atoms with Gasteiger partial charge in [0.2, 0.25) is 0 Å². The number of ketones is 1. The molecule has 0 atom stereocenters. The van der Waals surface area contributed by atoms with Crippen molar-refractivity contribution in [3.8, 4) is 0 Å². The van der Waals surface area contributed by atoms with Crippen LogP contribution in [0.1, 0.15) is 41.3 Å². The number of aryl methyl sites for hydroxylation is 2. The van der Waals surface area contributed by atoms with Gasteiger partial charge in [0.15, 0.2) is 5.78 Å². The van der Waals surface area contributed by atoms with Gasteiger partial charge in [-0.05, 0) is 43.4 Å². The van der Waals surface area contributed by atoms with Crippen molar-refractivity contribution in [3.05, 3.63) is 34.9 Å². The molecule has 0 amide bonds. The summed E-state index contributed by atoms with van der Waals surface area (Å²) in [7, 11) is 0. The van der Waals surface area contributed by atoms with Crippen molar-refractivity contribution in [1.29, 1.82) is 0 Å². The predicted octanol–water partition coefficient (Wildman–Crippen LogP) is 3.17. The molecule has 92 valence electrons. The molecule has 0 bridgehead atoms. The number of rotatable bonds is 3. The number of Topliss-reactive ketones (excluding diaryl/α,β-unsaturated/α-hetero) is 1. The summed E-state index contributed by atoms with van der Waals surface area (Å²) in [5.74, 6) is 0.458. The normalized spacial score (nSPS) is 17.1. The van der Waals surface area contributed by atoms with Crippen molar-refractivity contribution in [1.82, 2.24) is 0 Å². The highest BCUT2D eigenvalue weighted by atomic mass is 16.5. The summed E-state index contributed by atoms with van der Waals surface area (Å²) in [5, 5.41) is 0. The van der Waals surface area contributed by atoms with Crippen LogP contribution in [0.4, 0.5) is 0 Å². The minimum Gasteiger partial charge on any atom is -0.381 e. The van der Waals surface area contributed by atoms with Gasteiger partial charge in [0.25, 0.3) is 0 Å². The molecule has 1 saturated heterocycles. The first-order valence-corrected chi connectivity index (χ1v) is 6.44. The van der Waals surface area contributed by atoms with E-state index in [9.17, 15) is 4.79 Å².